The normalized spacial score (nSPS) is 26.1. The molecule has 1 aromatic carbocycles. The lowest BCUT2D eigenvalue weighted by molar-refractivity contribution is 0.0498. The molecule has 0 amide bonds. The van der Waals surface area contributed by atoms with Crippen molar-refractivity contribution in [3.63, 3.8) is 0 Å². The Kier molecular flexibility index (Phi) is 4.72. The summed E-state index contributed by atoms with van der Waals surface area (Å²) in [6, 6.07) is 6.94. The van der Waals surface area contributed by atoms with E-state index in [0.29, 0.717) is 18.1 Å². The Bertz CT molecular complexity index is 490. The molecule has 116 valence electrons. The van der Waals surface area contributed by atoms with Crippen molar-refractivity contribution in [1.82, 2.24) is 5.32 Å². The van der Waals surface area contributed by atoms with Gasteiger partial charge in [-0.15, -0.1) is 0 Å². The molecule has 3 nitrogen and oxygen atoms in total. The lowest BCUT2D eigenvalue weighted by atomic mass is 9.95. The molecule has 1 N–H and O–H groups in total. The van der Waals surface area contributed by atoms with Crippen LogP contribution < -0.4 is 10.2 Å². The number of rotatable bonds is 5. The highest BCUT2D eigenvalue weighted by atomic mass is 35.5. The van der Waals surface area contributed by atoms with Gasteiger partial charge in [0.25, 0.3) is 0 Å². The van der Waals surface area contributed by atoms with E-state index in [1.165, 1.54) is 30.5 Å². The first-order valence-corrected chi connectivity index (χ1v) is 8.35. The van der Waals surface area contributed by atoms with Crippen LogP contribution in [0.15, 0.2) is 18.2 Å². The summed E-state index contributed by atoms with van der Waals surface area (Å²) in [5.41, 5.74) is 2.50. The number of anilines is 1. The molecule has 1 aliphatic carbocycles. The Morgan fingerprint density at radius 2 is 2.14 bits per heavy atom. The second-order valence-corrected chi connectivity index (χ2v) is 6.79. The second kappa shape index (κ2) is 6.55. The molecule has 2 fully saturated rings. The van der Waals surface area contributed by atoms with E-state index in [9.17, 15) is 0 Å². The van der Waals surface area contributed by atoms with E-state index >= 15 is 0 Å². The summed E-state index contributed by atoms with van der Waals surface area (Å²) in [5.74, 6) is 0.624. The molecule has 2 aliphatic rings. The maximum atomic E-state index is 6.45. The van der Waals surface area contributed by atoms with Gasteiger partial charge in [0.15, 0.2) is 0 Å². The number of halogens is 1. The van der Waals surface area contributed by atoms with Crippen molar-refractivity contribution in [2.75, 3.05) is 25.1 Å². The third kappa shape index (κ3) is 3.53. The van der Waals surface area contributed by atoms with Crippen molar-refractivity contribution in [3.8, 4) is 0 Å². The quantitative estimate of drug-likeness (QED) is 0.901. The molecule has 21 heavy (non-hydrogen) atoms. The fourth-order valence-corrected chi connectivity index (χ4v) is 3.35. The first-order chi connectivity index (χ1) is 10.2. The molecule has 4 heteroatoms. The molecule has 1 saturated heterocycles. The first-order valence-electron chi connectivity index (χ1n) is 7.97. The monoisotopic (exact) mass is 308 g/mol. The van der Waals surface area contributed by atoms with Crippen molar-refractivity contribution < 1.29 is 4.74 Å². The fraction of sp³-hybridized carbons (Fsp3) is 0.647. The van der Waals surface area contributed by atoms with Gasteiger partial charge < -0.3 is 15.0 Å². The summed E-state index contributed by atoms with van der Waals surface area (Å²) in [6.07, 6.45) is 4.07. The number of piperidine rings is 1. The topological polar surface area (TPSA) is 24.5 Å². The van der Waals surface area contributed by atoms with Gasteiger partial charge in [-0.2, -0.15) is 0 Å². The summed E-state index contributed by atoms with van der Waals surface area (Å²) in [7, 11) is 1.82. The van der Waals surface area contributed by atoms with Crippen LogP contribution in [-0.4, -0.2) is 32.3 Å². The minimum Gasteiger partial charge on any atom is -0.379 e. The summed E-state index contributed by atoms with van der Waals surface area (Å²) in [4.78, 5) is 2.43. The van der Waals surface area contributed by atoms with Crippen LogP contribution in [-0.2, 0) is 11.3 Å². The molecule has 1 aromatic rings. The minimum atomic E-state index is 0.307. The number of nitrogens with one attached hydrogen (secondary N) is 1. The molecule has 0 spiro atoms. The van der Waals surface area contributed by atoms with Gasteiger partial charge in [0, 0.05) is 49.1 Å². The summed E-state index contributed by atoms with van der Waals surface area (Å²) >= 11 is 6.45. The van der Waals surface area contributed by atoms with Crippen LogP contribution in [0.3, 0.4) is 0 Å². The van der Waals surface area contributed by atoms with Gasteiger partial charge in [-0.05, 0) is 37.3 Å². The number of methoxy groups -OCH3 is 1. The van der Waals surface area contributed by atoms with Gasteiger partial charge in [-0.25, -0.2) is 0 Å². The maximum Gasteiger partial charge on any atom is 0.0772 e. The van der Waals surface area contributed by atoms with Crippen LogP contribution in [0.5, 0.6) is 0 Å². The number of benzene rings is 1. The molecular weight excluding hydrogens is 284 g/mol. The maximum absolute atomic E-state index is 6.45. The number of ether oxygens (including phenoxy) is 1. The largest absolute Gasteiger partial charge is 0.379 e. The number of hydrogen-bond donors (Lipinski definition) is 1. The standard InChI is InChI=1S/C17H25ClN2O/c1-12-8-9-20(11-17(12)21-2)16-5-3-4-15(18)14(16)10-19-13-6-7-13/h3-5,12-13,17,19H,6-11H2,1-2H3. The molecule has 0 aromatic heterocycles. The van der Waals surface area contributed by atoms with Crippen molar-refractivity contribution in [1.29, 1.82) is 0 Å². The summed E-state index contributed by atoms with van der Waals surface area (Å²) < 4.78 is 5.64. The fourth-order valence-electron chi connectivity index (χ4n) is 3.11. The van der Waals surface area contributed by atoms with E-state index in [2.05, 4.69) is 29.3 Å². The minimum absolute atomic E-state index is 0.307. The molecule has 2 atom stereocenters. The third-order valence-electron chi connectivity index (χ3n) is 4.77. The second-order valence-electron chi connectivity index (χ2n) is 6.38. The zero-order valence-corrected chi connectivity index (χ0v) is 13.7. The van der Waals surface area contributed by atoms with Crippen molar-refractivity contribution >= 4 is 17.3 Å². The Balaban J connectivity index is 1.78. The Morgan fingerprint density at radius 3 is 2.86 bits per heavy atom. The van der Waals surface area contributed by atoms with Gasteiger partial charge in [0.05, 0.1) is 6.10 Å². The van der Waals surface area contributed by atoms with Crippen LogP contribution in [0.25, 0.3) is 0 Å². The average Bonchev–Trinajstić information content (AvgIpc) is 3.30. The van der Waals surface area contributed by atoms with Crippen LogP contribution in [0.4, 0.5) is 5.69 Å². The van der Waals surface area contributed by atoms with Crippen LogP contribution in [0.1, 0.15) is 31.7 Å². The van der Waals surface area contributed by atoms with E-state index in [0.717, 1.165) is 24.7 Å². The van der Waals surface area contributed by atoms with Crippen molar-refractivity contribution in [2.24, 2.45) is 5.92 Å². The third-order valence-corrected chi connectivity index (χ3v) is 5.13. The van der Waals surface area contributed by atoms with Gasteiger partial charge >= 0.3 is 0 Å². The van der Waals surface area contributed by atoms with E-state index in [1.807, 2.05) is 13.2 Å². The van der Waals surface area contributed by atoms with Crippen LogP contribution >= 0.6 is 11.6 Å². The SMILES string of the molecule is COC1CN(c2cccc(Cl)c2CNC2CC2)CCC1C. The van der Waals surface area contributed by atoms with Gasteiger partial charge in [-0.1, -0.05) is 24.6 Å². The highest BCUT2D eigenvalue weighted by Crippen LogP contribution is 2.32. The zero-order valence-electron chi connectivity index (χ0n) is 12.9. The predicted octanol–water partition coefficient (Wildman–Crippen LogP) is 3.45. The molecule has 3 rings (SSSR count). The van der Waals surface area contributed by atoms with Gasteiger partial charge in [0.2, 0.25) is 0 Å². The molecule has 1 heterocycles. The molecule has 0 bridgehead atoms. The highest BCUT2D eigenvalue weighted by Gasteiger charge is 2.28. The van der Waals surface area contributed by atoms with Crippen molar-refractivity contribution in [2.45, 2.75) is 44.9 Å². The molecule has 1 saturated carbocycles. The Morgan fingerprint density at radius 1 is 1.33 bits per heavy atom. The lowest BCUT2D eigenvalue weighted by Gasteiger charge is -2.38. The highest BCUT2D eigenvalue weighted by molar-refractivity contribution is 6.31. The molecular formula is C17H25ClN2O. The van der Waals surface area contributed by atoms with Gasteiger partial charge in [0.1, 0.15) is 0 Å². The van der Waals surface area contributed by atoms with E-state index in [-0.39, 0.29) is 0 Å². The van der Waals surface area contributed by atoms with E-state index in [1.54, 1.807) is 0 Å². The van der Waals surface area contributed by atoms with Gasteiger partial charge in [-0.3, -0.25) is 0 Å². The van der Waals surface area contributed by atoms with Crippen molar-refractivity contribution in [3.05, 3.63) is 28.8 Å². The number of hydrogen-bond acceptors (Lipinski definition) is 3. The molecule has 2 unspecified atom stereocenters. The molecule has 0 radical (unpaired) electrons. The first kappa shape index (κ1) is 15.1. The summed E-state index contributed by atoms with van der Waals surface area (Å²) in [6.45, 7) is 5.18. The van der Waals surface area contributed by atoms with E-state index in [4.69, 9.17) is 16.3 Å². The van der Waals surface area contributed by atoms with E-state index < -0.39 is 0 Å². The average molecular weight is 309 g/mol. The number of nitrogens with zero attached hydrogens (tertiary/aromatic N) is 1. The van der Waals surface area contributed by atoms with Crippen LogP contribution in [0.2, 0.25) is 5.02 Å². The molecule has 1 aliphatic heterocycles. The Labute approximate surface area is 132 Å². The van der Waals surface area contributed by atoms with Crippen LogP contribution in [0, 0.1) is 5.92 Å². The predicted molar refractivity (Wildman–Crippen MR) is 88.1 cm³/mol. The Hall–Kier alpha value is -0.770. The lowest BCUT2D eigenvalue weighted by Crippen LogP contribution is -2.44. The zero-order chi connectivity index (χ0) is 14.8. The summed E-state index contributed by atoms with van der Waals surface area (Å²) in [5, 5.41) is 4.45. The smallest absolute Gasteiger partial charge is 0.0772 e.